The van der Waals surface area contributed by atoms with Gasteiger partial charge in [0.2, 0.25) is 11.9 Å². The number of nitrogens with two attached hydrogens (primary N) is 1. The van der Waals surface area contributed by atoms with Crippen molar-refractivity contribution in [1.29, 1.82) is 0 Å². The maximum Gasteiger partial charge on any atom is 0.233 e. The molecule has 0 spiro atoms. The van der Waals surface area contributed by atoms with Crippen LogP contribution in [0.1, 0.15) is 22.4 Å². The number of anilines is 2. The number of amides is 1. The Labute approximate surface area is 140 Å². The predicted molar refractivity (Wildman–Crippen MR) is 92.7 cm³/mol. The highest BCUT2D eigenvalue weighted by atomic mass is 35.5. The van der Waals surface area contributed by atoms with E-state index in [1.807, 2.05) is 20.0 Å². The molecule has 3 heterocycles. The van der Waals surface area contributed by atoms with Crippen molar-refractivity contribution in [3.63, 3.8) is 0 Å². The second-order valence-electron chi connectivity index (χ2n) is 5.68. The smallest absolute Gasteiger partial charge is 0.233 e. The summed E-state index contributed by atoms with van der Waals surface area (Å²) < 4.78 is 0. The summed E-state index contributed by atoms with van der Waals surface area (Å²) in [6.07, 6.45) is 2.05. The Kier molecular flexibility index (Phi) is 3.98. The van der Waals surface area contributed by atoms with Gasteiger partial charge in [0, 0.05) is 11.8 Å². The molecule has 2 aromatic rings. The molecule has 8 heteroatoms. The lowest BCUT2D eigenvalue weighted by Gasteiger charge is -2.19. The quantitative estimate of drug-likeness (QED) is 0.668. The number of aromatic nitrogens is 3. The molecule has 0 bridgehead atoms. The molecule has 1 aliphatic rings. The van der Waals surface area contributed by atoms with E-state index in [9.17, 15) is 4.79 Å². The van der Waals surface area contributed by atoms with Crippen molar-refractivity contribution in [3.05, 3.63) is 33.7 Å². The lowest BCUT2D eigenvalue weighted by atomic mass is 9.69. The van der Waals surface area contributed by atoms with Gasteiger partial charge in [0.25, 0.3) is 0 Å². The second-order valence-corrected chi connectivity index (χ2v) is 6.03. The Morgan fingerprint density at radius 2 is 2.13 bits per heavy atom. The van der Waals surface area contributed by atoms with Gasteiger partial charge >= 0.3 is 0 Å². The predicted octanol–water partition coefficient (Wildman–Crippen LogP) is 0.923. The summed E-state index contributed by atoms with van der Waals surface area (Å²) in [7, 11) is 0.929. The normalized spacial score (nSPS) is 13.4. The van der Waals surface area contributed by atoms with Crippen LogP contribution in [0.3, 0.4) is 0 Å². The number of aryl methyl sites for hydroxylation is 1. The van der Waals surface area contributed by atoms with Crippen molar-refractivity contribution in [3.8, 4) is 0 Å². The standard InChI is InChI=1S/C15H17BClN5O/c1-7-5-19-10(8(2)12(7)16-3)6-22-11(23)4-9-13(17)20-15(18)21-14(9)22/h5,16H,4,6H2,1-3H3,(H2,18,20,21). The SMILES string of the molecule is CBc1c(C)cnc(CN2C(=O)Cc3c(Cl)nc(N)nc32)c1C. The van der Waals surface area contributed by atoms with Crippen LogP contribution < -0.4 is 16.1 Å². The molecule has 2 aromatic heterocycles. The fourth-order valence-corrected chi connectivity index (χ4v) is 3.27. The van der Waals surface area contributed by atoms with Crippen LogP contribution in [-0.2, 0) is 17.8 Å². The average molecular weight is 330 g/mol. The molecule has 3 rings (SSSR count). The molecule has 2 N–H and O–H groups in total. The maximum absolute atomic E-state index is 12.4. The topological polar surface area (TPSA) is 85.0 Å². The first kappa shape index (κ1) is 15.7. The molecule has 23 heavy (non-hydrogen) atoms. The Hall–Kier alpha value is -2.15. The van der Waals surface area contributed by atoms with Gasteiger partial charge in [-0.25, -0.2) is 4.98 Å². The number of nitrogen functional groups attached to an aromatic ring is 1. The molecular formula is C15H17BClN5O. The lowest BCUT2D eigenvalue weighted by Crippen LogP contribution is -2.30. The van der Waals surface area contributed by atoms with Crippen LogP contribution in [0, 0.1) is 13.8 Å². The Balaban J connectivity index is 2.01. The largest absolute Gasteiger partial charge is 0.368 e. The van der Waals surface area contributed by atoms with Gasteiger partial charge in [-0.2, -0.15) is 4.98 Å². The molecule has 0 radical (unpaired) electrons. The fraction of sp³-hybridized carbons (Fsp3) is 0.333. The van der Waals surface area contributed by atoms with Gasteiger partial charge in [0.05, 0.1) is 18.7 Å². The Morgan fingerprint density at radius 3 is 2.83 bits per heavy atom. The summed E-state index contributed by atoms with van der Waals surface area (Å²) >= 11 is 6.08. The van der Waals surface area contributed by atoms with Gasteiger partial charge in [0.15, 0.2) is 7.28 Å². The van der Waals surface area contributed by atoms with Crippen LogP contribution in [0.5, 0.6) is 0 Å². The molecule has 0 fully saturated rings. The van der Waals surface area contributed by atoms with E-state index in [1.165, 1.54) is 5.46 Å². The number of carbonyl (C=O) groups is 1. The third-order valence-electron chi connectivity index (χ3n) is 4.27. The molecule has 1 amide bonds. The van der Waals surface area contributed by atoms with Crippen molar-refractivity contribution in [2.75, 3.05) is 10.6 Å². The van der Waals surface area contributed by atoms with Crippen LogP contribution in [0.4, 0.5) is 11.8 Å². The van der Waals surface area contributed by atoms with Crippen LogP contribution in [0.2, 0.25) is 12.0 Å². The molecule has 1 aliphatic heterocycles. The van der Waals surface area contributed by atoms with Crippen LogP contribution in [-0.4, -0.2) is 28.1 Å². The van der Waals surface area contributed by atoms with E-state index in [-0.39, 0.29) is 23.4 Å². The summed E-state index contributed by atoms with van der Waals surface area (Å²) in [5, 5.41) is 0.242. The van der Waals surface area contributed by atoms with E-state index in [0.29, 0.717) is 17.9 Å². The minimum Gasteiger partial charge on any atom is -0.368 e. The van der Waals surface area contributed by atoms with Gasteiger partial charge in [-0.05, 0) is 25.0 Å². The van der Waals surface area contributed by atoms with Crippen molar-refractivity contribution in [2.45, 2.75) is 33.6 Å². The highest BCUT2D eigenvalue weighted by molar-refractivity contribution is 6.53. The first-order valence-corrected chi connectivity index (χ1v) is 7.86. The number of nitrogens with zero attached hydrogens (tertiary/aromatic N) is 4. The molecule has 118 valence electrons. The Morgan fingerprint density at radius 1 is 1.39 bits per heavy atom. The minimum atomic E-state index is -0.0679. The van der Waals surface area contributed by atoms with Gasteiger partial charge in [0.1, 0.15) is 11.0 Å². The van der Waals surface area contributed by atoms with Gasteiger partial charge in [-0.1, -0.05) is 23.9 Å². The maximum atomic E-state index is 12.4. The number of fused-ring (bicyclic) bond motifs is 1. The number of halogens is 1. The number of hydrogen-bond donors (Lipinski definition) is 1. The molecule has 0 atom stereocenters. The second kappa shape index (κ2) is 5.81. The highest BCUT2D eigenvalue weighted by Gasteiger charge is 2.32. The molecule has 0 saturated carbocycles. The van der Waals surface area contributed by atoms with Crippen molar-refractivity contribution < 1.29 is 4.79 Å². The Bertz CT molecular complexity index is 811. The molecular weight excluding hydrogens is 312 g/mol. The van der Waals surface area contributed by atoms with E-state index in [2.05, 4.69) is 21.8 Å². The monoisotopic (exact) mass is 329 g/mol. The van der Waals surface area contributed by atoms with E-state index in [0.717, 1.165) is 24.1 Å². The van der Waals surface area contributed by atoms with Crippen LogP contribution in [0.15, 0.2) is 6.20 Å². The zero-order chi connectivity index (χ0) is 16.7. The van der Waals surface area contributed by atoms with E-state index in [1.54, 1.807) is 4.90 Å². The summed E-state index contributed by atoms with van der Waals surface area (Å²) in [4.78, 5) is 26.6. The van der Waals surface area contributed by atoms with Gasteiger partial charge in [-0.15, -0.1) is 0 Å². The molecule has 0 unspecified atom stereocenters. The van der Waals surface area contributed by atoms with E-state index < -0.39 is 0 Å². The van der Waals surface area contributed by atoms with Crippen molar-refractivity contribution in [2.24, 2.45) is 0 Å². The molecule has 6 nitrogen and oxygen atoms in total. The molecule has 0 saturated heterocycles. The summed E-state index contributed by atoms with van der Waals surface area (Å²) in [6.45, 7) is 6.56. The summed E-state index contributed by atoms with van der Waals surface area (Å²) in [5.41, 5.74) is 10.7. The zero-order valence-corrected chi connectivity index (χ0v) is 14.1. The number of rotatable bonds is 3. The van der Waals surface area contributed by atoms with Crippen LogP contribution in [0.25, 0.3) is 0 Å². The number of carbonyl (C=O) groups excluding carboxylic acids is 1. The summed E-state index contributed by atoms with van der Waals surface area (Å²) in [6, 6.07) is 0. The first-order chi connectivity index (χ1) is 10.9. The first-order valence-electron chi connectivity index (χ1n) is 7.48. The summed E-state index contributed by atoms with van der Waals surface area (Å²) in [5.74, 6) is 0.491. The highest BCUT2D eigenvalue weighted by Crippen LogP contribution is 2.33. The zero-order valence-electron chi connectivity index (χ0n) is 13.4. The average Bonchev–Trinajstić information content (AvgIpc) is 2.79. The molecule has 0 aromatic carbocycles. The van der Waals surface area contributed by atoms with Crippen molar-refractivity contribution >= 4 is 42.0 Å². The third kappa shape index (κ3) is 2.65. The minimum absolute atomic E-state index is 0.0660. The number of hydrogen-bond acceptors (Lipinski definition) is 5. The van der Waals surface area contributed by atoms with Crippen molar-refractivity contribution in [1.82, 2.24) is 15.0 Å². The van der Waals surface area contributed by atoms with Gasteiger partial charge in [-0.3, -0.25) is 14.7 Å². The third-order valence-corrected chi connectivity index (χ3v) is 4.59. The fourth-order valence-electron chi connectivity index (χ4n) is 3.04. The van der Waals surface area contributed by atoms with E-state index >= 15 is 0 Å². The van der Waals surface area contributed by atoms with Gasteiger partial charge < -0.3 is 5.73 Å². The molecule has 0 aliphatic carbocycles. The van der Waals surface area contributed by atoms with E-state index in [4.69, 9.17) is 17.3 Å². The van der Waals surface area contributed by atoms with Crippen LogP contribution >= 0.6 is 11.6 Å². The number of pyridine rings is 1. The lowest BCUT2D eigenvalue weighted by molar-refractivity contribution is -0.117.